The lowest BCUT2D eigenvalue weighted by Gasteiger charge is -2.24. The van der Waals surface area contributed by atoms with E-state index in [-0.39, 0.29) is 5.56 Å². The van der Waals surface area contributed by atoms with E-state index >= 15 is 0 Å². The summed E-state index contributed by atoms with van der Waals surface area (Å²) in [5.74, 6) is 0.631. The minimum Gasteiger partial charge on any atom is -0.317 e. The van der Waals surface area contributed by atoms with E-state index in [1.807, 2.05) is 17.6 Å². The molecular formula is C12H17BrN2O. The van der Waals surface area contributed by atoms with Crippen molar-refractivity contribution in [1.29, 1.82) is 0 Å². The van der Waals surface area contributed by atoms with Crippen molar-refractivity contribution in [1.82, 2.24) is 9.88 Å². The highest BCUT2D eigenvalue weighted by Gasteiger charge is 2.15. The second-order valence-corrected chi connectivity index (χ2v) is 5.26. The maximum atomic E-state index is 11.8. The lowest BCUT2D eigenvalue weighted by Crippen LogP contribution is -2.33. The molecule has 0 saturated carbocycles. The van der Waals surface area contributed by atoms with Crippen molar-refractivity contribution in [3.63, 3.8) is 0 Å². The zero-order chi connectivity index (χ0) is 11.5. The number of nitrogens with one attached hydrogen (secondary N) is 1. The summed E-state index contributed by atoms with van der Waals surface area (Å²) in [7, 11) is 0. The van der Waals surface area contributed by atoms with E-state index in [1.54, 1.807) is 6.07 Å². The van der Waals surface area contributed by atoms with Crippen LogP contribution in [0.2, 0.25) is 0 Å². The van der Waals surface area contributed by atoms with Gasteiger partial charge in [-0.25, -0.2) is 0 Å². The molecule has 0 aliphatic carbocycles. The fourth-order valence-corrected chi connectivity index (χ4v) is 2.54. The third-order valence-electron chi connectivity index (χ3n) is 3.29. The van der Waals surface area contributed by atoms with Gasteiger partial charge in [0.25, 0.3) is 5.56 Å². The first-order valence-electron chi connectivity index (χ1n) is 5.75. The topological polar surface area (TPSA) is 34.0 Å². The minimum atomic E-state index is 0.110. The van der Waals surface area contributed by atoms with Gasteiger partial charge in [-0.1, -0.05) is 0 Å². The zero-order valence-corrected chi connectivity index (χ0v) is 11.1. The molecule has 2 rings (SSSR count). The predicted octanol–water partition coefficient (Wildman–Crippen LogP) is 1.92. The monoisotopic (exact) mass is 284 g/mol. The first-order valence-corrected chi connectivity index (χ1v) is 6.54. The number of nitrogens with zero attached hydrogens (tertiary/aromatic N) is 1. The molecular weight excluding hydrogens is 268 g/mol. The largest absolute Gasteiger partial charge is 0.317 e. The van der Waals surface area contributed by atoms with Crippen LogP contribution in [0.5, 0.6) is 0 Å². The van der Waals surface area contributed by atoms with Gasteiger partial charge in [-0.15, -0.1) is 0 Å². The quantitative estimate of drug-likeness (QED) is 0.900. The second kappa shape index (κ2) is 5.15. The normalized spacial score (nSPS) is 17.6. The standard InChI is InChI=1S/C12H17BrN2O/c1-9-11(13)2-3-12(16)15(9)8-10-4-6-14-7-5-10/h2-3,10,14H,4-8H2,1H3. The van der Waals surface area contributed by atoms with Gasteiger partial charge < -0.3 is 9.88 Å². The molecule has 0 atom stereocenters. The maximum Gasteiger partial charge on any atom is 0.250 e. The van der Waals surface area contributed by atoms with E-state index in [4.69, 9.17) is 0 Å². The summed E-state index contributed by atoms with van der Waals surface area (Å²) in [6, 6.07) is 3.47. The van der Waals surface area contributed by atoms with E-state index in [0.717, 1.165) is 29.8 Å². The van der Waals surface area contributed by atoms with Crippen LogP contribution >= 0.6 is 15.9 Å². The second-order valence-electron chi connectivity index (χ2n) is 4.41. The molecule has 0 bridgehead atoms. The first kappa shape index (κ1) is 11.9. The van der Waals surface area contributed by atoms with E-state index < -0.39 is 0 Å². The van der Waals surface area contributed by atoms with Crippen molar-refractivity contribution in [2.45, 2.75) is 26.3 Å². The number of piperidine rings is 1. The molecule has 1 N–H and O–H groups in total. The molecule has 16 heavy (non-hydrogen) atoms. The Morgan fingerprint density at radius 3 is 2.81 bits per heavy atom. The molecule has 0 amide bonds. The number of aromatic nitrogens is 1. The Hall–Kier alpha value is -0.610. The molecule has 88 valence electrons. The van der Waals surface area contributed by atoms with Crippen LogP contribution in [0.15, 0.2) is 21.4 Å². The van der Waals surface area contributed by atoms with E-state index in [1.165, 1.54) is 12.8 Å². The van der Waals surface area contributed by atoms with Crippen molar-refractivity contribution in [2.24, 2.45) is 5.92 Å². The summed E-state index contributed by atoms with van der Waals surface area (Å²) < 4.78 is 2.90. The molecule has 0 spiro atoms. The molecule has 1 aromatic heterocycles. The smallest absolute Gasteiger partial charge is 0.250 e. The highest BCUT2D eigenvalue weighted by molar-refractivity contribution is 9.10. The Morgan fingerprint density at radius 1 is 1.44 bits per heavy atom. The number of halogens is 1. The fraction of sp³-hybridized carbons (Fsp3) is 0.583. The summed E-state index contributed by atoms with van der Waals surface area (Å²) in [5.41, 5.74) is 1.14. The van der Waals surface area contributed by atoms with Crippen LogP contribution in [0.1, 0.15) is 18.5 Å². The predicted molar refractivity (Wildman–Crippen MR) is 68.7 cm³/mol. The van der Waals surface area contributed by atoms with Crippen LogP contribution in [0.4, 0.5) is 0 Å². The molecule has 0 radical (unpaired) electrons. The summed E-state index contributed by atoms with van der Waals surface area (Å²) in [6.07, 6.45) is 2.33. The zero-order valence-electron chi connectivity index (χ0n) is 9.50. The molecule has 1 aliphatic rings. The highest BCUT2D eigenvalue weighted by Crippen LogP contribution is 2.17. The van der Waals surface area contributed by atoms with Crippen LogP contribution in [-0.2, 0) is 6.54 Å². The van der Waals surface area contributed by atoms with Gasteiger partial charge in [0, 0.05) is 22.8 Å². The maximum absolute atomic E-state index is 11.8. The summed E-state index contributed by atoms with van der Waals surface area (Å²) >= 11 is 3.47. The van der Waals surface area contributed by atoms with E-state index in [0.29, 0.717) is 5.92 Å². The van der Waals surface area contributed by atoms with Crippen LogP contribution in [0.25, 0.3) is 0 Å². The van der Waals surface area contributed by atoms with Crippen molar-refractivity contribution in [3.8, 4) is 0 Å². The van der Waals surface area contributed by atoms with Crippen LogP contribution in [0.3, 0.4) is 0 Å². The van der Waals surface area contributed by atoms with Gasteiger partial charge in [-0.3, -0.25) is 4.79 Å². The average molecular weight is 285 g/mol. The molecule has 4 heteroatoms. The minimum absolute atomic E-state index is 0.110. The Bertz CT molecular complexity index is 422. The van der Waals surface area contributed by atoms with Gasteiger partial charge in [0.2, 0.25) is 0 Å². The van der Waals surface area contributed by atoms with E-state index in [9.17, 15) is 4.79 Å². The van der Waals surface area contributed by atoms with Crippen LogP contribution in [0, 0.1) is 12.8 Å². The molecule has 1 aliphatic heterocycles. The van der Waals surface area contributed by atoms with Gasteiger partial charge in [-0.2, -0.15) is 0 Å². The fourth-order valence-electron chi connectivity index (χ4n) is 2.20. The average Bonchev–Trinajstić information content (AvgIpc) is 2.31. The van der Waals surface area contributed by atoms with Crippen molar-refractivity contribution in [3.05, 3.63) is 32.7 Å². The molecule has 3 nitrogen and oxygen atoms in total. The Morgan fingerprint density at radius 2 is 2.12 bits per heavy atom. The molecule has 1 aromatic rings. The molecule has 1 saturated heterocycles. The molecule has 0 unspecified atom stereocenters. The number of hydrogen-bond acceptors (Lipinski definition) is 2. The van der Waals surface area contributed by atoms with Gasteiger partial charge in [0.15, 0.2) is 0 Å². The molecule has 1 fully saturated rings. The third-order valence-corrected chi connectivity index (χ3v) is 4.13. The molecule has 0 aromatic carbocycles. The Balaban J connectivity index is 2.20. The summed E-state index contributed by atoms with van der Waals surface area (Å²) in [5, 5.41) is 3.34. The molecule has 2 heterocycles. The van der Waals surface area contributed by atoms with Crippen molar-refractivity contribution < 1.29 is 0 Å². The summed E-state index contributed by atoms with van der Waals surface area (Å²) in [6.45, 7) is 5.00. The Labute approximate surface area is 104 Å². The van der Waals surface area contributed by atoms with E-state index in [2.05, 4.69) is 21.2 Å². The van der Waals surface area contributed by atoms with Gasteiger partial charge >= 0.3 is 0 Å². The third kappa shape index (κ3) is 2.55. The van der Waals surface area contributed by atoms with Gasteiger partial charge in [0.05, 0.1) is 0 Å². The van der Waals surface area contributed by atoms with Crippen LogP contribution in [-0.4, -0.2) is 17.7 Å². The first-order chi connectivity index (χ1) is 7.68. The lowest BCUT2D eigenvalue weighted by molar-refractivity contribution is 0.327. The summed E-state index contributed by atoms with van der Waals surface area (Å²) in [4.78, 5) is 11.8. The highest BCUT2D eigenvalue weighted by atomic mass is 79.9. The van der Waals surface area contributed by atoms with Gasteiger partial charge in [-0.05, 0) is 60.8 Å². The Kier molecular flexibility index (Phi) is 3.82. The number of pyridine rings is 1. The van der Waals surface area contributed by atoms with Gasteiger partial charge in [0.1, 0.15) is 0 Å². The number of rotatable bonds is 2. The lowest BCUT2D eigenvalue weighted by atomic mass is 9.98. The van der Waals surface area contributed by atoms with Crippen molar-refractivity contribution in [2.75, 3.05) is 13.1 Å². The SMILES string of the molecule is Cc1c(Br)ccc(=O)n1CC1CCNCC1. The van der Waals surface area contributed by atoms with Crippen molar-refractivity contribution >= 4 is 15.9 Å². The van der Waals surface area contributed by atoms with Crippen LogP contribution < -0.4 is 10.9 Å². The number of hydrogen-bond donors (Lipinski definition) is 1.